The molecule has 0 aliphatic heterocycles. The van der Waals surface area contributed by atoms with E-state index in [0.717, 1.165) is 19.3 Å². The first-order chi connectivity index (χ1) is 19.1. The number of amidine groups is 1. The first-order valence-electron chi connectivity index (χ1n) is 14.5. The van der Waals surface area contributed by atoms with Crippen molar-refractivity contribution in [1.29, 1.82) is 0 Å². The number of carbonyl (C=O) groups is 1. The fourth-order valence-electron chi connectivity index (χ4n) is 4.88. The highest BCUT2D eigenvalue weighted by molar-refractivity contribution is 6.01. The van der Waals surface area contributed by atoms with Crippen LogP contribution in [0.5, 0.6) is 0 Å². The summed E-state index contributed by atoms with van der Waals surface area (Å²) in [5.41, 5.74) is 7.58. The number of nitrogens with zero attached hydrogens (tertiary/aromatic N) is 1. The standard InChI is InChI=1S/C32H44N4O3/c33-32(36-34)29-24-28(37)26-21-17-22-27(31(26)39-29)35-30(38)23-16-11-9-7-5-3-1-2-4-6-8-10-13-18-25-19-14-12-15-20-25/h12,14-15,17,19-22,24H,1-11,13,16,18,23,34H2,(H2,33,36)(H,35,38). The third-order valence-electron chi connectivity index (χ3n) is 7.13. The third-order valence-corrected chi connectivity index (χ3v) is 7.13. The topological polar surface area (TPSA) is 124 Å². The van der Waals surface area contributed by atoms with Crippen LogP contribution in [0.2, 0.25) is 0 Å². The molecule has 0 radical (unpaired) electrons. The second-order valence-corrected chi connectivity index (χ2v) is 10.3. The largest absolute Gasteiger partial charge is 0.450 e. The molecule has 0 unspecified atom stereocenters. The van der Waals surface area contributed by atoms with Crippen LogP contribution in [0.15, 0.2) is 68.9 Å². The van der Waals surface area contributed by atoms with E-state index in [-0.39, 0.29) is 28.5 Å². The van der Waals surface area contributed by atoms with E-state index in [4.69, 9.17) is 16.0 Å². The molecule has 1 heterocycles. The minimum atomic E-state index is -0.275. The second kappa shape index (κ2) is 17.1. The number of carbonyl (C=O) groups excluding carboxylic acids is 1. The Kier molecular flexibility index (Phi) is 13.1. The van der Waals surface area contributed by atoms with E-state index in [1.165, 1.54) is 82.3 Å². The fourth-order valence-corrected chi connectivity index (χ4v) is 4.88. The number of unbranched alkanes of at least 4 members (excludes halogenated alkanes) is 12. The van der Waals surface area contributed by atoms with E-state index in [2.05, 4.69) is 40.8 Å². The molecule has 1 amide bonds. The molecule has 3 rings (SSSR count). The summed E-state index contributed by atoms with van der Waals surface area (Å²) in [7, 11) is 0. The lowest BCUT2D eigenvalue weighted by Gasteiger charge is -2.09. The molecule has 7 nitrogen and oxygen atoms in total. The van der Waals surface area contributed by atoms with Gasteiger partial charge in [-0.1, -0.05) is 107 Å². The van der Waals surface area contributed by atoms with Gasteiger partial charge in [0.15, 0.2) is 22.6 Å². The lowest BCUT2D eigenvalue weighted by atomic mass is 10.0. The van der Waals surface area contributed by atoms with Gasteiger partial charge in [0.2, 0.25) is 5.91 Å². The summed E-state index contributed by atoms with van der Waals surface area (Å²) in [5.74, 6) is 5.10. The number of hydrogen-bond donors (Lipinski definition) is 3. The monoisotopic (exact) mass is 532 g/mol. The third kappa shape index (κ3) is 10.6. The van der Waals surface area contributed by atoms with Crippen molar-refractivity contribution in [3.63, 3.8) is 0 Å². The Morgan fingerprint density at radius 2 is 1.36 bits per heavy atom. The summed E-state index contributed by atoms with van der Waals surface area (Å²) in [5, 5.41) is 6.61. The number of rotatable bonds is 18. The smallest absolute Gasteiger partial charge is 0.224 e. The average Bonchev–Trinajstić information content (AvgIpc) is 2.95. The summed E-state index contributed by atoms with van der Waals surface area (Å²) >= 11 is 0. The van der Waals surface area contributed by atoms with E-state index in [9.17, 15) is 9.59 Å². The predicted octanol–water partition coefficient (Wildman–Crippen LogP) is 7.01. The molecule has 0 saturated carbocycles. The molecule has 2 aromatic carbocycles. The average molecular weight is 533 g/mol. The molecule has 5 N–H and O–H groups in total. The Balaban J connectivity index is 1.20. The zero-order chi connectivity index (χ0) is 27.7. The molecule has 7 heteroatoms. The highest BCUT2D eigenvalue weighted by Gasteiger charge is 2.13. The number of anilines is 1. The summed E-state index contributed by atoms with van der Waals surface area (Å²) in [4.78, 5) is 24.9. The molecular weight excluding hydrogens is 488 g/mol. The van der Waals surface area contributed by atoms with Crippen molar-refractivity contribution < 1.29 is 9.21 Å². The van der Waals surface area contributed by atoms with Crippen molar-refractivity contribution in [2.75, 3.05) is 5.32 Å². The van der Waals surface area contributed by atoms with Gasteiger partial charge < -0.3 is 21.3 Å². The van der Waals surface area contributed by atoms with E-state index in [1.807, 2.05) is 0 Å². The van der Waals surface area contributed by atoms with Crippen LogP contribution in [0, 0.1) is 0 Å². The Labute approximate surface area is 232 Å². The summed E-state index contributed by atoms with van der Waals surface area (Å²) in [6, 6.07) is 17.1. The van der Waals surface area contributed by atoms with Crippen LogP contribution in [-0.2, 0) is 11.2 Å². The van der Waals surface area contributed by atoms with E-state index in [1.54, 1.807) is 18.2 Å². The lowest BCUT2D eigenvalue weighted by molar-refractivity contribution is -0.116. The maximum absolute atomic E-state index is 12.5. The van der Waals surface area contributed by atoms with E-state index >= 15 is 0 Å². The van der Waals surface area contributed by atoms with Crippen molar-refractivity contribution in [2.24, 2.45) is 16.7 Å². The van der Waals surface area contributed by atoms with Gasteiger partial charge in [0, 0.05) is 12.5 Å². The first kappa shape index (κ1) is 29.9. The normalized spacial score (nSPS) is 11.6. The second-order valence-electron chi connectivity index (χ2n) is 10.3. The Bertz CT molecular complexity index is 1240. The van der Waals surface area contributed by atoms with Gasteiger partial charge in [-0.15, -0.1) is 0 Å². The number of benzene rings is 2. The molecule has 1 aromatic heterocycles. The molecular formula is C32H44N4O3. The summed E-state index contributed by atoms with van der Waals surface area (Å²) < 4.78 is 5.72. The molecule has 0 fully saturated rings. The van der Waals surface area contributed by atoms with Crippen LogP contribution in [-0.4, -0.2) is 11.7 Å². The number of fused-ring (bicyclic) bond motifs is 1. The van der Waals surface area contributed by atoms with Gasteiger partial charge >= 0.3 is 0 Å². The van der Waals surface area contributed by atoms with E-state index in [0.29, 0.717) is 17.5 Å². The van der Waals surface area contributed by atoms with Gasteiger partial charge in [-0.05, 0) is 37.0 Å². The number of nitrogens with one attached hydrogen (secondary N) is 1. The number of hydrogen-bond acceptors (Lipinski definition) is 5. The number of para-hydroxylation sites is 1. The fraction of sp³-hybridized carbons (Fsp3) is 0.469. The van der Waals surface area contributed by atoms with Gasteiger partial charge in [0.25, 0.3) is 0 Å². The Morgan fingerprint density at radius 1 is 0.769 bits per heavy atom. The quantitative estimate of drug-likeness (QED) is 0.0534. The van der Waals surface area contributed by atoms with Crippen LogP contribution in [0.4, 0.5) is 5.69 Å². The zero-order valence-electron chi connectivity index (χ0n) is 23.1. The summed E-state index contributed by atoms with van der Waals surface area (Å²) in [6.07, 6.45) is 17.9. The van der Waals surface area contributed by atoms with Crippen LogP contribution >= 0.6 is 0 Å². The SMILES string of the molecule is NN=C(N)c1cc(=O)c2cccc(NC(=O)CCCCCCCCCCCCCCCc3ccccc3)c2o1. The summed E-state index contributed by atoms with van der Waals surface area (Å²) in [6.45, 7) is 0. The lowest BCUT2D eigenvalue weighted by Crippen LogP contribution is -2.18. The number of aryl methyl sites for hydroxylation is 1. The van der Waals surface area contributed by atoms with Crippen LogP contribution in [0.25, 0.3) is 11.0 Å². The van der Waals surface area contributed by atoms with Gasteiger partial charge in [-0.25, -0.2) is 0 Å². The highest BCUT2D eigenvalue weighted by atomic mass is 16.3. The zero-order valence-corrected chi connectivity index (χ0v) is 23.1. The van der Waals surface area contributed by atoms with Crippen molar-refractivity contribution >= 4 is 28.4 Å². The predicted molar refractivity (Wildman–Crippen MR) is 161 cm³/mol. The van der Waals surface area contributed by atoms with Crippen molar-refractivity contribution in [2.45, 2.75) is 96.3 Å². The van der Waals surface area contributed by atoms with Crippen LogP contribution < -0.4 is 22.3 Å². The molecule has 3 aromatic rings. The van der Waals surface area contributed by atoms with E-state index < -0.39 is 0 Å². The Hall–Kier alpha value is -3.61. The van der Waals surface area contributed by atoms with Gasteiger partial charge in [-0.2, -0.15) is 5.10 Å². The van der Waals surface area contributed by atoms with Crippen molar-refractivity contribution in [3.8, 4) is 0 Å². The van der Waals surface area contributed by atoms with Crippen LogP contribution in [0.3, 0.4) is 0 Å². The number of hydrazone groups is 1. The molecule has 0 saturated heterocycles. The Morgan fingerprint density at radius 3 is 1.97 bits per heavy atom. The minimum Gasteiger partial charge on any atom is -0.450 e. The van der Waals surface area contributed by atoms with Crippen molar-refractivity contribution in [3.05, 3.63) is 76.1 Å². The molecule has 0 aliphatic carbocycles. The first-order valence-corrected chi connectivity index (χ1v) is 14.5. The van der Waals surface area contributed by atoms with Crippen molar-refractivity contribution in [1.82, 2.24) is 0 Å². The van der Waals surface area contributed by atoms with Gasteiger partial charge in [-0.3, -0.25) is 9.59 Å². The van der Waals surface area contributed by atoms with Gasteiger partial charge in [0.05, 0.1) is 11.1 Å². The molecule has 0 bridgehead atoms. The maximum atomic E-state index is 12.5. The van der Waals surface area contributed by atoms with Crippen LogP contribution in [0.1, 0.15) is 101 Å². The maximum Gasteiger partial charge on any atom is 0.224 e. The molecule has 210 valence electrons. The molecule has 0 aliphatic rings. The molecule has 0 atom stereocenters. The molecule has 0 spiro atoms. The number of nitrogens with two attached hydrogens (primary N) is 2. The highest BCUT2D eigenvalue weighted by Crippen LogP contribution is 2.23. The van der Waals surface area contributed by atoms with Gasteiger partial charge in [0.1, 0.15) is 0 Å². The number of amides is 1. The molecule has 39 heavy (non-hydrogen) atoms. The minimum absolute atomic E-state index is 0.0752.